The van der Waals surface area contributed by atoms with Crippen molar-refractivity contribution in [1.82, 2.24) is 15.1 Å². The maximum absolute atomic E-state index is 12.3. The second-order valence-electron chi connectivity index (χ2n) is 7.67. The maximum atomic E-state index is 12.3. The minimum absolute atomic E-state index is 0.0795. The summed E-state index contributed by atoms with van der Waals surface area (Å²) in [4.78, 5) is 32.7. The van der Waals surface area contributed by atoms with Crippen LogP contribution in [-0.4, -0.2) is 34.1 Å². The number of aromatic nitrogens is 3. The lowest BCUT2D eigenvalue weighted by atomic mass is 10.1. The van der Waals surface area contributed by atoms with Gasteiger partial charge in [0.1, 0.15) is 5.75 Å². The molecule has 4 aromatic rings. The molecule has 0 aliphatic carbocycles. The number of hydrogen-bond acceptors (Lipinski definition) is 9. The summed E-state index contributed by atoms with van der Waals surface area (Å²) in [6, 6.07) is 14.9. The molecule has 35 heavy (non-hydrogen) atoms. The van der Waals surface area contributed by atoms with Gasteiger partial charge in [-0.3, -0.25) is 9.59 Å². The van der Waals surface area contributed by atoms with E-state index in [4.69, 9.17) is 18.4 Å². The zero-order valence-corrected chi connectivity index (χ0v) is 19.3. The van der Waals surface area contributed by atoms with E-state index in [0.29, 0.717) is 29.5 Å². The first-order valence-electron chi connectivity index (χ1n) is 10.9. The van der Waals surface area contributed by atoms with Crippen molar-refractivity contribution in [2.75, 3.05) is 12.4 Å². The van der Waals surface area contributed by atoms with Gasteiger partial charge in [0.25, 0.3) is 5.89 Å². The number of nitrogens with one attached hydrogen (secondary N) is 1. The summed E-state index contributed by atoms with van der Waals surface area (Å²) in [5.74, 6) is 1.09. The Kier molecular flexibility index (Phi) is 7.51. The van der Waals surface area contributed by atoms with E-state index < -0.39 is 5.97 Å². The molecule has 2 aromatic heterocycles. The Hall–Kier alpha value is -4.47. The van der Waals surface area contributed by atoms with Crippen molar-refractivity contribution in [2.24, 2.45) is 0 Å². The van der Waals surface area contributed by atoms with Gasteiger partial charge in [0.2, 0.25) is 5.91 Å². The first-order chi connectivity index (χ1) is 17.0. The number of anilines is 1. The Morgan fingerprint density at radius 1 is 1.06 bits per heavy atom. The number of aryl methyl sites for hydroxylation is 2. The van der Waals surface area contributed by atoms with Crippen molar-refractivity contribution in [2.45, 2.75) is 32.8 Å². The third kappa shape index (κ3) is 6.53. The minimum Gasteiger partial charge on any atom is -0.495 e. The highest BCUT2D eigenvalue weighted by Gasteiger charge is 2.15. The van der Waals surface area contributed by atoms with Gasteiger partial charge in [-0.1, -0.05) is 47.1 Å². The highest BCUT2D eigenvalue weighted by atomic mass is 16.6. The van der Waals surface area contributed by atoms with Gasteiger partial charge in [-0.25, -0.2) is 4.98 Å². The lowest BCUT2D eigenvalue weighted by Gasteiger charge is -2.08. The van der Waals surface area contributed by atoms with Crippen molar-refractivity contribution >= 4 is 17.6 Å². The summed E-state index contributed by atoms with van der Waals surface area (Å²) in [7, 11) is 1.52. The molecule has 0 saturated heterocycles. The molecule has 0 bridgehead atoms. The lowest BCUT2D eigenvalue weighted by molar-refractivity contribution is -0.145. The van der Waals surface area contributed by atoms with Crippen LogP contribution in [-0.2, 0) is 33.8 Å². The molecule has 2 heterocycles. The van der Waals surface area contributed by atoms with Crippen LogP contribution in [0.15, 0.2) is 63.7 Å². The monoisotopic (exact) mass is 476 g/mol. The SMILES string of the molecule is COc1ccccc1NC(=O)Cc1noc(COC(=O)CCc2ncc(-c3ccc(C)cc3)o2)n1. The molecule has 0 aliphatic heterocycles. The van der Waals surface area contributed by atoms with E-state index in [1.54, 1.807) is 30.5 Å². The number of methoxy groups -OCH3 is 1. The molecule has 0 fully saturated rings. The summed E-state index contributed by atoms with van der Waals surface area (Å²) in [6.07, 6.45) is 1.90. The lowest BCUT2D eigenvalue weighted by Crippen LogP contribution is -2.15. The molecule has 0 spiro atoms. The molecule has 0 aliphatic rings. The van der Waals surface area contributed by atoms with Crippen LogP contribution in [0.2, 0.25) is 0 Å². The predicted molar refractivity (Wildman–Crippen MR) is 124 cm³/mol. The molecular formula is C25H24N4O6. The van der Waals surface area contributed by atoms with Crippen LogP contribution in [0.4, 0.5) is 5.69 Å². The predicted octanol–water partition coefficient (Wildman–Crippen LogP) is 3.90. The van der Waals surface area contributed by atoms with Gasteiger partial charge < -0.3 is 23.7 Å². The van der Waals surface area contributed by atoms with Crippen LogP contribution in [0.5, 0.6) is 5.75 Å². The molecule has 10 heteroatoms. The van der Waals surface area contributed by atoms with Gasteiger partial charge in [-0.05, 0) is 19.1 Å². The summed E-state index contributed by atoms with van der Waals surface area (Å²) in [5, 5.41) is 6.48. The van der Waals surface area contributed by atoms with Gasteiger partial charge in [0.05, 0.1) is 31.8 Å². The molecular weight excluding hydrogens is 452 g/mol. The van der Waals surface area contributed by atoms with Crippen molar-refractivity contribution in [3.05, 3.63) is 77.9 Å². The topological polar surface area (TPSA) is 130 Å². The number of para-hydroxylation sites is 2. The van der Waals surface area contributed by atoms with Crippen molar-refractivity contribution in [3.8, 4) is 17.1 Å². The molecule has 0 atom stereocenters. The fraction of sp³-hybridized carbons (Fsp3) is 0.240. The number of benzene rings is 2. The Balaban J connectivity index is 1.21. The first kappa shape index (κ1) is 23.7. The molecule has 4 rings (SSSR count). The van der Waals surface area contributed by atoms with Crippen LogP contribution in [0, 0.1) is 6.92 Å². The number of esters is 1. The molecule has 180 valence electrons. The van der Waals surface area contributed by atoms with E-state index in [1.807, 2.05) is 31.2 Å². The Bertz CT molecular complexity index is 1300. The summed E-state index contributed by atoms with van der Waals surface area (Å²) in [6.45, 7) is 1.82. The van der Waals surface area contributed by atoms with E-state index in [2.05, 4.69) is 20.4 Å². The van der Waals surface area contributed by atoms with Gasteiger partial charge in [0.15, 0.2) is 24.1 Å². The van der Waals surface area contributed by atoms with Crippen LogP contribution >= 0.6 is 0 Å². The molecule has 1 amide bonds. The molecule has 0 saturated carbocycles. The van der Waals surface area contributed by atoms with Gasteiger partial charge in [0, 0.05) is 12.0 Å². The smallest absolute Gasteiger partial charge is 0.306 e. The normalized spacial score (nSPS) is 10.7. The Labute approximate surface area is 201 Å². The number of hydrogen-bond donors (Lipinski definition) is 1. The number of ether oxygens (including phenoxy) is 2. The van der Waals surface area contributed by atoms with E-state index in [-0.39, 0.29) is 37.1 Å². The average molecular weight is 476 g/mol. The second-order valence-corrected chi connectivity index (χ2v) is 7.67. The second kappa shape index (κ2) is 11.1. The number of carbonyl (C=O) groups excluding carboxylic acids is 2. The number of rotatable bonds is 10. The van der Waals surface area contributed by atoms with Gasteiger partial charge in [-0.2, -0.15) is 4.98 Å². The van der Waals surface area contributed by atoms with Crippen LogP contribution in [0.1, 0.15) is 29.6 Å². The molecule has 0 unspecified atom stereocenters. The van der Waals surface area contributed by atoms with Crippen molar-refractivity contribution in [3.63, 3.8) is 0 Å². The van der Waals surface area contributed by atoms with Crippen LogP contribution in [0.3, 0.4) is 0 Å². The number of carbonyl (C=O) groups is 2. The third-order valence-electron chi connectivity index (χ3n) is 5.00. The van der Waals surface area contributed by atoms with Gasteiger partial charge in [-0.15, -0.1) is 0 Å². The third-order valence-corrected chi connectivity index (χ3v) is 5.00. The quantitative estimate of drug-likeness (QED) is 0.339. The Morgan fingerprint density at radius 3 is 2.66 bits per heavy atom. The number of amides is 1. The zero-order chi connectivity index (χ0) is 24.6. The molecule has 10 nitrogen and oxygen atoms in total. The standard InChI is InChI=1S/C25H24N4O6/c1-16-7-9-17(10-8-16)20-14-26-23(34-20)11-12-25(31)33-15-24-28-21(29-35-24)13-22(30)27-18-5-3-4-6-19(18)32-2/h3-10,14H,11-13,15H2,1-2H3,(H,27,30). The van der Waals surface area contributed by atoms with Gasteiger partial charge >= 0.3 is 5.97 Å². The first-order valence-corrected chi connectivity index (χ1v) is 10.9. The summed E-state index contributed by atoms with van der Waals surface area (Å²) in [5.41, 5.74) is 2.61. The summed E-state index contributed by atoms with van der Waals surface area (Å²) >= 11 is 0. The zero-order valence-electron chi connectivity index (χ0n) is 19.3. The molecule has 2 aromatic carbocycles. The van der Waals surface area contributed by atoms with E-state index in [1.165, 1.54) is 7.11 Å². The van der Waals surface area contributed by atoms with E-state index in [9.17, 15) is 9.59 Å². The summed E-state index contributed by atoms with van der Waals surface area (Å²) < 4.78 is 21.2. The fourth-order valence-electron chi connectivity index (χ4n) is 3.21. The minimum atomic E-state index is -0.464. The van der Waals surface area contributed by atoms with Crippen molar-refractivity contribution in [1.29, 1.82) is 0 Å². The highest BCUT2D eigenvalue weighted by molar-refractivity contribution is 5.93. The number of oxazole rings is 1. The van der Waals surface area contributed by atoms with Crippen molar-refractivity contribution < 1.29 is 28.0 Å². The van der Waals surface area contributed by atoms with Crippen LogP contribution < -0.4 is 10.1 Å². The average Bonchev–Trinajstić information content (AvgIpc) is 3.52. The molecule has 1 N–H and O–H groups in total. The van der Waals surface area contributed by atoms with E-state index >= 15 is 0 Å². The largest absolute Gasteiger partial charge is 0.495 e. The number of nitrogens with zero attached hydrogens (tertiary/aromatic N) is 3. The Morgan fingerprint density at radius 2 is 1.86 bits per heavy atom. The maximum Gasteiger partial charge on any atom is 0.306 e. The van der Waals surface area contributed by atoms with Crippen LogP contribution in [0.25, 0.3) is 11.3 Å². The molecule has 0 radical (unpaired) electrons. The fourth-order valence-corrected chi connectivity index (χ4v) is 3.21. The highest BCUT2D eigenvalue weighted by Crippen LogP contribution is 2.23. The van der Waals surface area contributed by atoms with E-state index in [0.717, 1.165) is 11.1 Å².